The molecule has 3 rings (SSSR count). The van der Waals surface area contributed by atoms with Crippen molar-refractivity contribution >= 4 is 5.91 Å². The number of morpholine rings is 1. The van der Waals surface area contributed by atoms with Gasteiger partial charge in [0, 0.05) is 13.1 Å². The molecule has 0 N–H and O–H groups in total. The van der Waals surface area contributed by atoms with Gasteiger partial charge in [-0.1, -0.05) is 17.7 Å². The molecular weight excluding hydrogens is 278 g/mol. The molecule has 5 heteroatoms. The van der Waals surface area contributed by atoms with Gasteiger partial charge in [-0.3, -0.25) is 4.79 Å². The number of benzene rings is 1. The van der Waals surface area contributed by atoms with Crippen molar-refractivity contribution in [1.82, 2.24) is 14.7 Å². The number of nitrogens with zero attached hydrogens (tertiary/aromatic N) is 3. The van der Waals surface area contributed by atoms with Gasteiger partial charge in [-0.05, 0) is 32.9 Å². The molecule has 1 atom stereocenters. The summed E-state index contributed by atoms with van der Waals surface area (Å²) in [5.74, 6) is 0.0333. The first-order valence-electron chi connectivity index (χ1n) is 7.59. The van der Waals surface area contributed by atoms with Crippen LogP contribution in [0.1, 0.15) is 28.5 Å². The quantitative estimate of drug-likeness (QED) is 0.855. The van der Waals surface area contributed by atoms with Crippen LogP contribution in [0.15, 0.2) is 30.5 Å². The molecule has 1 amide bonds. The van der Waals surface area contributed by atoms with E-state index >= 15 is 0 Å². The van der Waals surface area contributed by atoms with Gasteiger partial charge < -0.3 is 9.64 Å². The number of carbonyl (C=O) groups is 1. The minimum Gasteiger partial charge on any atom is -0.375 e. The third-order valence-corrected chi connectivity index (χ3v) is 4.05. The summed E-state index contributed by atoms with van der Waals surface area (Å²) in [6, 6.07) is 8.12. The van der Waals surface area contributed by atoms with Gasteiger partial charge in [0.1, 0.15) is 0 Å². The summed E-state index contributed by atoms with van der Waals surface area (Å²) in [6.45, 7) is 7.84. The van der Waals surface area contributed by atoms with Crippen molar-refractivity contribution in [2.75, 3.05) is 19.7 Å². The van der Waals surface area contributed by atoms with E-state index in [1.807, 2.05) is 54.6 Å². The van der Waals surface area contributed by atoms with Gasteiger partial charge in [0.15, 0.2) is 0 Å². The summed E-state index contributed by atoms with van der Waals surface area (Å²) in [5.41, 5.74) is 3.70. The maximum Gasteiger partial charge on any atom is 0.257 e. The Labute approximate surface area is 130 Å². The standard InChI is InChI=1S/C17H21N3O2/c1-12-4-6-15(7-5-12)20-14(3)16(10-18-20)17(21)19-8-9-22-13(2)11-19/h4-7,10,13H,8-9,11H2,1-3H3. The molecule has 0 aliphatic carbocycles. The van der Waals surface area contributed by atoms with Crippen LogP contribution in [0.25, 0.3) is 5.69 Å². The van der Waals surface area contributed by atoms with E-state index in [0.29, 0.717) is 25.3 Å². The zero-order chi connectivity index (χ0) is 15.7. The lowest BCUT2D eigenvalue weighted by molar-refractivity contribution is -0.0124. The predicted molar refractivity (Wildman–Crippen MR) is 84.4 cm³/mol. The molecule has 1 aliphatic heterocycles. The Bertz CT molecular complexity index is 676. The Hall–Kier alpha value is -2.14. The number of aryl methyl sites for hydroxylation is 1. The summed E-state index contributed by atoms with van der Waals surface area (Å²) in [6.07, 6.45) is 1.75. The Morgan fingerprint density at radius 1 is 1.27 bits per heavy atom. The molecule has 0 saturated carbocycles. The van der Waals surface area contributed by atoms with E-state index in [0.717, 1.165) is 11.4 Å². The molecule has 1 aromatic heterocycles. The highest BCUT2D eigenvalue weighted by atomic mass is 16.5. The monoisotopic (exact) mass is 299 g/mol. The van der Waals surface area contributed by atoms with Gasteiger partial charge >= 0.3 is 0 Å². The molecule has 116 valence electrons. The van der Waals surface area contributed by atoms with Crippen molar-refractivity contribution in [3.8, 4) is 5.69 Å². The summed E-state index contributed by atoms with van der Waals surface area (Å²) >= 11 is 0. The molecule has 1 aromatic carbocycles. The molecular formula is C17H21N3O2. The van der Waals surface area contributed by atoms with Crippen LogP contribution >= 0.6 is 0 Å². The first kappa shape index (κ1) is 14.8. The fourth-order valence-electron chi connectivity index (χ4n) is 2.74. The van der Waals surface area contributed by atoms with Gasteiger partial charge in [0.25, 0.3) is 5.91 Å². The van der Waals surface area contributed by atoms with Crippen molar-refractivity contribution in [2.24, 2.45) is 0 Å². The maximum atomic E-state index is 12.7. The average molecular weight is 299 g/mol. The van der Waals surface area contributed by atoms with Gasteiger partial charge in [-0.25, -0.2) is 4.68 Å². The second-order valence-corrected chi connectivity index (χ2v) is 5.82. The highest BCUT2D eigenvalue weighted by Crippen LogP contribution is 2.17. The van der Waals surface area contributed by atoms with Gasteiger partial charge in [-0.15, -0.1) is 0 Å². The van der Waals surface area contributed by atoms with Crippen LogP contribution in [0, 0.1) is 13.8 Å². The lowest BCUT2D eigenvalue weighted by atomic mass is 10.2. The third-order valence-electron chi connectivity index (χ3n) is 4.05. The maximum absolute atomic E-state index is 12.7. The fourth-order valence-corrected chi connectivity index (χ4v) is 2.74. The first-order chi connectivity index (χ1) is 10.6. The minimum atomic E-state index is 0.0333. The first-order valence-corrected chi connectivity index (χ1v) is 7.59. The highest BCUT2D eigenvalue weighted by Gasteiger charge is 2.25. The normalized spacial score (nSPS) is 18.5. The van der Waals surface area contributed by atoms with Crippen molar-refractivity contribution in [3.63, 3.8) is 0 Å². The lowest BCUT2D eigenvalue weighted by Crippen LogP contribution is -2.44. The summed E-state index contributed by atoms with van der Waals surface area (Å²) in [5, 5.41) is 4.39. The van der Waals surface area contributed by atoms with E-state index in [1.54, 1.807) is 6.20 Å². The summed E-state index contributed by atoms with van der Waals surface area (Å²) in [7, 11) is 0. The number of aromatic nitrogens is 2. The molecule has 1 saturated heterocycles. The molecule has 2 heterocycles. The number of rotatable bonds is 2. The molecule has 2 aromatic rings. The van der Waals surface area contributed by atoms with Crippen LogP contribution in [-0.4, -0.2) is 46.4 Å². The minimum absolute atomic E-state index is 0.0333. The predicted octanol–water partition coefficient (Wildman–Crippen LogP) is 2.35. The van der Waals surface area contributed by atoms with Crippen molar-refractivity contribution < 1.29 is 9.53 Å². The van der Waals surface area contributed by atoms with Crippen LogP contribution in [0.5, 0.6) is 0 Å². The largest absolute Gasteiger partial charge is 0.375 e. The molecule has 1 unspecified atom stereocenters. The van der Waals surface area contributed by atoms with Crippen LogP contribution in [0.2, 0.25) is 0 Å². The average Bonchev–Trinajstić information content (AvgIpc) is 2.89. The van der Waals surface area contributed by atoms with E-state index in [1.165, 1.54) is 5.56 Å². The van der Waals surface area contributed by atoms with Crippen LogP contribution in [0.3, 0.4) is 0 Å². The molecule has 0 radical (unpaired) electrons. The Morgan fingerprint density at radius 2 is 2.00 bits per heavy atom. The molecule has 1 fully saturated rings. The third kappa shape index (κ3) is 2.76. The Morgan fingerprint density at radius 3 is 2.68 bits per heavy atom. The number of amides is 1. The van der Waals surface area contributed by atoms with E-state index in [2.05, 4.69) is 5.10 Å². The number of carbonyl (C=O) groups excluding carboxylic acids is 1. The molecule has 0 bridgehead atoms. The van der Waals surface area contributed by atoms with Crippen LogP contribution < -0.4 is 0 Å². The van der Waals surface area contributed by atoms with Crippen LogP contribution in [0.4, 0.5) is 0 Å². The summed E-state index contributed by atoms with van der Waals surface area (Å²) in [4.78, 5) is 14.5. The Balaban J connectivity index is 1.86. The number of hydrogen-bond donors (Lipinski definition) is 0. The van der Waals surface area contributed by atoms with E-state index in [-0.39, 0.29) is 12.0 Å². The van der Waals surface area contributed by atoms with Crippen molar-refractivity contribution in [3.05, 3.63) is 47.3 Å². The highest BCUT2D eigenvalue weighted by molar-refractivity contribution is 5.95. The van der Waals surface area contributed by atoms with E-state index < -0.39 is 0 Å². The second-order valence-electron chi connectivity index (χ2n) is 5.82. The van der Waals surface area contributed by atoms with E-state index in [4.69, 9.17) is 4.74 Å². The lowest BCUT2D eigenvalue weighted by Gasteiger charge is -2.31. The fraction of sp³-hybridized carbons (Fsp3) is 0.412. The van der Waals surface area contributed by atoms with Gasteiger partial charge in [-0.2, -0.15) is 5.10 Å². The summed E-state index contributed by atoms with van der Waals surface area (Å²) < 4.78 is 7.31. The van der Waals surface area contributed by atoms with Gasteiger partial charge in [0.05, 0.1) is 35.9 Å². The molecule has 0 spiro atoms. The van der Waals surface area contributed by atoms with Crippen LogP contribution in [-0.2, 0) is 4.74 Å². The topological polar surface area (TPSA) is 47.4 Å². The number of ether oxygens (including phenoxy) is 1. The zero-order valence-corrected chi connectivity index (χ0v) is 13.2. The Kier molecular flexibility index (Phi) is 3.98. The smallest absolute Gasteiger partial charge is 0.257 e. The second kappa shape index (κ2) is 5.93. The SMILES string of the molecule is Cc1ccc(-n2ncc(C(=O)N3CCOC(C)C3)c2C)cc1. The molecule has 1 aliphatic rings. The van der Waals surface area contributed by atoms with Crippen molar-refractivity contribution in [1.29, 1.82) is 0 Å². The van der Waals surface area contributed by atoms with Gasteiger partial charge in [0.2, 0.25) is 0 Å². The zero-order valence-electron chi connectivity index (χ0n) is 13.2. The van der Waals surface area contributed by atoms with E-state index in [9.17, 15) is 4.79 Å². The molecule has 22 heavy (non-hydrogen) atoms. The van der Waals surface area contributed by atoms with Crippen molar-refractivity contribution in [2.45, 2.75) is 26.9 Å². The number of hydrogen-bond acceptors (Lipinski definition) is 3. The molecule has 5 nitrogen and oxygen atoms in total.